The van der Waals surface area contributed by atoms with Crippen molar-refractivity contribution in [3.8, 4) is 0 Å². The highest BCUT2D eigenvalue weighted by atomic mass is 32.1. The Morgan fingerprint density at radius 3 is 2.56 bits per heavy atom. The standard InChI is InChI=1S/C15H20N2S/c1-4-12-7-5-6-8-13(12)11-17-15(2,3)14-16-9-10-18-14/h5-10,17H,4,11H2,1-3H3. The van der Waals surface area contributed by atoms with E-state index in [9.17, 15) is 0 Å². The third-order valence-corrected chi connectivity index (χ3v) is 4.28. The minimum Gasteiger partial charge on any atom is -0.302 e. The van der Waals surface area contributed by atoms with Crippen LogP contribution in [0.1, 0.15) is 36.9 Å². The second-order valence-electron chi connectivity index (χ2n) is 4.94. The number of nitrogens with one attached hydrogen (secondary N) is 1. The Morgan fingerprint density at radius 1 is 1.22 bits per heavy atom. The van der Waals surface area contributed by atoms with Crippen LogP contribution in [-0.4, -0.2) is 4.98 Å². The smallest absolute Gasteiger partial charge is 0.112 e. The Hall–Kier alpha value is -1.19. The van der Waals surface area contributed by atoms with Crippen LogP contribution in [0.25, 0.3) is 0 Å². The van der Waals surface area contributed by atoms with Gasteiger partial charge in [0.2, 0.25) is 0 Å². The summed E-state index contributed by atoms with van der Waals surface area (Å²) in [5, 5.41) is 6.76. The fourth-order valence-electron chi connectivity index (χ4n) is 2.00. The molecule has 2 aromatic rings. The summed E-state index contributed by atoms with van der Waals surface area (Å²) >= 11 is 1.70. The highest BCUT2D eigenvalue weighted by Gasteiger charge is 2.22. The van der Waals surface area contributed by atoms with Crippen LogP contribution in [0.4, 0.5) is 0 Å². The molecule has 0 radical (unpaired) electrons. The van der Waals surface area contributed by atoms with Gasteiger partial charge in [-0.3, -0.25) is 0 Å². The Kier molecular flexibility index (Phi) is 4.15. The highest BCUT2D eigenvalue weighted by molar-refractivity contribution is 7.09. The molecule has 0 spiro atoms. The van der Waals surface area contributed by atoms with E-state index in [-0.39, 0.29) is 5.54 Å². The van der Waals surface area contributed by atoms with Crippen LogP contribution >= 0.6 is 11.3 Å². The maximum atomic E-state index is 4.40. The van der Waals surface area contributed by atoms with Crippen molar-refractivity contribution in [1.29, 1.82) is 0 Å². The van der Waals surface area contributed by atoms with Gasteiger partial charge in [0.25, 0.3) is 0 Å². The molecule has 0 saturated heterocycles. The average Bonchev–Trinajstić information content (AvgIpc) is 2.91. The first-order chi connectivity index (χ1) is 8.63. The molecule has 0 atom stereocenters. The molecule has 0 bridgehead atoms. The van der Waals surface area contributed by atoms with E-state index in [0.29, 0.717) is 0 Å². The highest BCUT2D eigenvalue weighted by Crippen LogP contribution is 2.23. The SMILES string of the molecule is CCc1ccccc1CNC(C)(C)c1nccs1. The minimum atomic E-state index is -0.0744. The lowest BCUT2D eigenvalue weighted by Gasteiger charge is -2.24. The summed E-state index contributed by atoms with van der Waals surface area (Å²) in [7, 11) is 0. The molecular weight excluding hydrogens is 240 g/mol. The van der Waals surface area contributed by atoms with Crippen LogP contribution in [0.15, 0.2) is 35.8 Å². The monoisotopic (exact) mass is 260 g/mol. The normalized spacial score (nSPS) is 11.7. The van der Waals surface area contributed by atoms with Crippen molar-refractivity contribution in [2.45, 2.75) is 39.3 Å². The molecule has 0 fully saturated rings. The first kappa shape index (κ1) is 13.2. The largest absolute Gasteiger partial charge is 0.302 e. The average molecular weight is 260 g/mol. The predicted octanol–water partition coefficient (Wildman–Crippen LogP) is 3.73. The zero-order valence-electron chi connectivity index (χ0n) is 11.2. The summed E-state index contributed by atoms with van der Waals surface area (Å²) in [5.41, 5.74) is 2.72. The van der Waals surface area contributed by atoms with E-state index in [0.717, 1.165) is 18.0 Å². The Bertz CT molecular complexity index is 489. The summed E-state index contributed by atoms with van der Waals surface area (Å²) in [6.07, 6.45) is 2.94. The van der Waals surface area contributed by atoms with Crippen LogP contribution in [0.5, 0.6) is 0 Å². The predicted molar refractivity (Wildman–Crippen MR) is 77.8 cm³/mol. The zero-order valence-corrected chi connectivity index (χ0v) is 12.1. The van der Waals surface area contributed by atoms with Crippen LogP contribution in [-0.2, 0) is 18.5 Å². The van der Waals surface area contributed by atoms with Gasteiger partial charge < -0.3 is 5.32 Å². The minimum absolute atomic E-state index is 0.0744. The molecule has 0 unspecified atom stereocenters. The molecule has 0 aliphatic carbocycles. The molecule has 3 heteroatoms. The van der Waals surface area contributed by atoms with E-state index in [1.54, 1.807) is 11.3 Å². The Morgan fingerprint density at radius 2 is 1.94 bits per heavy atom. The topological polar surface area (TPSA) is 24.9 Å². The zero-order chi connectivity index (χ0) is 13.0. The third-order valence-electron chi connectivity index (χ3n) is 3.19. The van der Waals surface area contributed by atoms with E-state index < -0.39 is 0 Å². The van der Waals surface area contributed by atoms with E-state index in [4.69, 9.17) is 0 Å². The number of thiazole rings is 1. The number of aryl methyl sites for hydroxylation is 1. The van der Waals surface area contributed by atoms with Gasteiger partial charge in [-0.25, -0.2) is 4.98 Å². The van der Waals surface area contributed by atoms with Gasteiger partial charge >= 0.3 is 0 Å². The lowest BCUT2D eigenvalue weighted by molar-refractivity contribution is 0.399. The van der Waals surface area contributed by atoms with Gasteiger partial charge in [0.05, 0.1) is 5.54 Å². The number of hydrogen-bond donors (Lipinski definition) is 1. The molecule has 1 aromatic heterocycles. The second kappa shape index (κ2) is 5.63. The molecule has 96 valence electrons. The van der Waals surface area contributed by atoms with Crippen LogP contribution in [0, 0.1) is 0 Å². The van der Waals surface area contributed by atoms with Gasteiger partial charge in [-0.2, -0.15) is 0 Å². The summed E-state index contributed by atoms with van der Waals surface area (Å²) < 4.78 is 0. The van der Waals surface area contributed by atoms with Gasteiger partial charge in [-0.1, -0.05) is 31.2 Å². The summed E-state index contributed by atoms with van der Waals surface area (Å²) in [6, 6.07) is 8.61. The van der Waals surface area contributed by atoms with E-state index >= 15 is 0 Å². The second-order valence-corrected chi connectivity index (χ2v) is 5.83. The lowest BCUT2D eigenvalue weighted by atomic mass is 10.0. The van der Waals surface area contributed by atoms with Gasteiger partial charge in [-0.15, -0.1) is 11.3 Å². The first-order valence-electron chi connectivity index (χ1n) is 6.35. The third kappa shape index (κ3) is 2.98. The lowest BCUT2D eigenvalue weighted by Crippen LogP contribution is -2.36. The summed E-state index contributed by atoms with van der Waals surface area (Å²) in [6.45, 7) is 7.45. The van der Waals surface area contributed by atoms with Crippen molar-refractivity contribution < 1.29 is 0 Å². The number of hydrogen-bond acceptors (Lipinski definition) is 3. The number of nitrogens with zero attached hydrogens (tertiary/aromatic N) is 1. The van der Waals surface area contributed by atoms with E-state index in [1.165, 1.54) is 11.1 Å². The molecule has 0 saturated carbocycles. The molecular formula is C15H20N2S. The Labute approximate surface area is 113 Å². The Balaban J connectivity index is 2.07. The van der Waals surface area contributed by atoms with Crippen LogP contribution < -0.4 is 5.32 Å². The molecule has 1 heterocycles. The van der Waals surface area contributed by atoms with Crippen molar-refractivity contribution in [1.82, 2.24) is 10.3 Å². The first-order valence-corrected chi connectivity index (χ1v) is 7.23. The fraction of sp³-hybridized carbons (Fsp3) is 0.400. The van der Waals surface area contributed by atoms with Crippen LogP contribution in [0.2, 0.25) is 0 Å². The van der Waals surface area contributed by atoms with Crippen molar-refractivity contribution in [2.24, 2.45) is 0 Å². The van der Waals surface area contributed by atoms with Crippen molar-refractivity contribution >= 4 is 11.3 Å². The quantitative estimate of drug-likeness (QED) is 0.886. The maximum Gasteiger partial charge on any atom is 0.112 e. The number of aromatic nitrogens is 1. The summed E-state index contributed by atoms with van der Waals surface area (Å²) in [4.78, 5) is 4.40. The molecule has 0 aliphatic heterocycles. The van der Waals surface area contributed by atoms with Crippen LogP contribution in [0.3, 0.4) is 0 Å². The fourth-order valence-corrected chi connectivity index (χ4v) is 2.74. The van der Waals surface area contributed by atoms with Gasteiger partial charge in [0.1, 0.15) is 5.01 Å². The number of rotatable bonds is 5. The van der Waals surface area contributed by atoms with Gasteiger partial charge in [0.15, 0.2) is 0 Å². The number of benzene rings is 1. The molecule has 0 aliphatic rings. The summed E-state index contributed by atoms with van der Waals surface area (Å²) in [5.74, 6) is 0. The van der Waals surface area contributed by atoms with Crippen molar-refractivity contribution in [2.75, 3.05) is 0 Å². The molecule has 18 heavy (non-hydrogen) atoms. The van der Waals surface area contributed by atoms with E-state index in [2.05, 4.69) is 55.3 Å². The maximum absolute atomic E-state index is 4.40. The molecule has 1 N–H and O–H groups in total. The van der Waals surface area contributed by atoms with E-state index in [1.807, 2.05) is 11.6 Å². The molecule has 1 aromatic carbocycles. The van der Waals surface area contributed by atoms with Gasteiger partial charge in [-0.05, 0) is 31.4 Å². The van der Waals surface area contributed by atoms with Crippen molar-refractivity contribution in [3.63, 3.8) is 0 Å². The molecule has 0 amide bonds. The molecule has 2 nitrogen and oxygen atoms in total. The van der Waals surface area contributed by atoms with Crippen molar-refractivity contribution in [3.05, 3.63) is 52.0 Å². The van der Waals surface area contributed by atoms with Gasteiger partial charge in [0, 0.05) is 18.1 Å². The molecule has 2 rings (SSSR count).